The van der Waals surface area contributed by atoms with Crippen molar-refractivity contribution in [1.82, 2.24) is 4.98 Å². The van der Waals surface area contributed by atoms with E-state index in [1.54, 1.807) is 0 Å². The first-order valence-corrected chi connectivity index (χ1v) is 7.68. The Kier molecular flexibility index (Phi) is 3.77. The fourth-order valence-corrected chi connectivity index (χ4v) is 3.05. The van der Waals surface area contributed by atoms with E-state index in [2.05, 4.69) is 35.3 Å². The van der Waals surface area contributed by atoms with E-state index < -0.39 is 0 Å². The molecule has 106 valence electrons. The monoisotopic (exact) mass is 269 g/mol. The maximum Gasteiger partial charge on any atom is 0.136 e. The van der Waals surface area contributed by atoms with Gasteiger partial charge in [-0.05, 0) is 37.3 Å². The number of benzene rings is 1. The average molecular weight is 269 g/mol. The van der Waals surface area contributed by atoms with Gasteiger partial charge in [0.1, 0.15) is 5.82 Å². The molecule has 3 heteroatoms. The zero-order chi connectivity index (χ0) is 13.9. The second-order valence-electron chi connectivity index (χ2n) is 5.53. The van der Waals surface area contributed by atoms with Crippen molar-refractivity contribution in [2.24, 2.45) is 0 Å². The molecular weight excluding hydrogens is 246 g/mol. The number of hydrogen-bond donors (Lipinski definition) is 1. The topological polar surface area (TPSA) is 28.2 Å². The van der Waals surface area contributed by atoms with Gasteiger partial charge in [0.15, 0.2) is 0 Å². The molecular formula is C17H23N3. The minimum absolute atomic E-state index is 1.07. The van der Waals surface area contributed by atoms with Crippen molar-refractivity contribution in [2.45, 2.75) is 32.6 Å². The summed E-state index contributed by atoms with van der Waals surface area (Å²) in [6.07, 6.45) is 6.95. The number of fused-ring (bicyclic) bond motifs is 1. The van der Waals surface area contributed by atoms with Gasteiger partial charge in [-0.2, -0.15) is 0 Å². The fourth-order valence-electron chi connectivity index (χ4n) is 3.05. The zero-order valence-corrected chi connectivity index (χ0v) is 12.4. The molecule has 0 aliphatic carbocycles. The van der Waals surface area contributed by atoms with Crippen LogP contribution in [0, 0.1) is 0 Å². The Morgan fingerprint density at radius 3 is 2.65 bits per heavy atom. The Morgan fingerprint density at radius 1 is 1.15 bits per heavy atom. The average Bonchev–Trinajstić information content (AvgIpc) is 2.54. The highest BCUT2D eigenvalue weighted by molar-refractivity contribution is 6.00. The molecule has 0 atom stereocenters. The second kappa shape index (κ2) is 5.70. The van der Waals surface area contributed by atoms with Crippen molar-refractivity contribution in [3.8, 4) is 0 Å². The molecule has 3 rings (SSSR count). The summed E-state index contributed by atoms with van der Waals surface area (Å²) < 4.78 is 0. The summed E-state index contributed by atoms with van der Waals surface area (Å²) in [7, 11) is 1.96. The molecule has 1 aliphatic rings. The smallest absolute Gasteiger partial charge is 0.136 e. The van der Waals surface area contributed by atoms with Crippen LogP contribution in [-0.2, 0) is 6.42 Å². The quantitative estimate of drug-likeness (QED) is 0.918. The van der Waals surface area contributed by atoms with E-state index in [0.717, 1.165) is 31.0 Å². The van der Waals surface area contributed by atoms with Crippen LogP contribution in [0.1, 0.15) is 31.7 Å². The molecule has 0 saturated carbocycles. The van der Waals surface area contributed by atoms with E-state index in [1.807, 2.05) is 13.2 Å². The van der Waals surface area contributed by atoms with Gasteiger partial charge in [-0.1, -0.05) is 19.1 Å². The van der Waals surface area contributed by atoms with Gasteiger partial charge < -0.3 is 10.2 Å². The maximum atomic E-state index is 4.74. The number of anilines is 2. The Labute approximate surface area is 121 Å². The zero-order valence-electron chi connectivity index (χ0n) is 12.4. The van der Waals surface area contributed by atoms with E-state index in [0.29, 0.717) is 0 Å². The molecule has 1 aliphatic heterocycles. The second-order valence-corrected chi connectivity index (χ2v) is 5.53. The molecule has 0 bridgehead atoms. The van der Waals surface area contributed by atoms with Crippen LogP contribution in [0.25, 0.3) is 10.8 Å². The van der Waals surface area contributed by atoms with Crippen LogP contribution in [0.3, 0.4) is 0 Å². The summed E-state index contributed by atoms with van der Waals surface area (Å²) in [4.78, 5) is 7.19. The minimum Gasteiger partial charge on any atom is -0.386 e. The third-order valence-corrected chi connectivity index (χ3v) is 4.26. The third-order valence-electron chi connectivity index (χ3n) is 4.26. The van der Waals surface area contributed by atoms with E-state index in [-0.39, 0.29) is 0 Å². The van der Waals surface area contributed by atoms with E-state index in [1.165, 1.54) is 35.6 Å². The lowest BCUT2D eigenvalue weighted by Gasteiger charge is -2.29. The lowest BCUT2D eigenvalue weighted by molar-refractivity contribution is 0.575. The lowest BCUT2D eigenvalue weighted by Crippen LogP contribution is -2.30. The van der Waals surface area contributed by atoms with E-state index >= 15 is 0 Å². The molecule has 2 heterocycles. The molecule has 0 spiro atoms. The molecule has 1 aromatic carbocycles. The summed E-state index contributed by atoms with van der Waals surface area (Å²) >= 11 is 0. The molecule has 0 radical (unpaired) electrons. The highest BCUT2D eigenvalue weighted by Crippen LogP contribution is 2.32. The van der Waals surface area contributed by atoms with Gasteiger partial charge >= 0.3 is 0 Å². The Hall–Kier alpha value is -1.77. The summed E-state index contributed by atoms with van der Waals surface area (Å²) in [5.41, 5.74) is 2.49. The standard InChI is InChI=1S/C17H23N3/c1-3-13-7-8-14-15(11-13)17(19-12-16(14)18-2)20-9-5-4-6-10-20/h7-8,11-12,18H,3-6,9-10H2,1-2H3. The predicted octanol–water partition coefficient (Wildman–Crippen LogP) is 3.83. The lowest BCUT2D eigenvalue weighted by atomic mass is 10.0. The summed E-state index contributed by atoms with van der Waals surface area (Å²) in [6, 6.07) is 6.77. The number of nitrogens with one attached hydrogen (secondary N) is 1. The Balaban J connectivity index is 2.15. The first-order chi connectivity index (χ1) is 9.83. The number of aryl methyl sites for hydroxylation is 1. The predicted molar refractivity (Wildman–Crippen MR) is 86.7 cm³/mol. The highest BCUT2D eigenvalue weighted by Gasteiger charge is 2.16. The number of hydrogen-bond acceptors (Lipinski definition) is 3. The molecule has 3 nitrogen and oxygen atoms in total. The van der Waals surface area contributed by atoms with E-state index in [4.69, 9.17) is 4.98 Å². The molecule has 20 heavy (non-hydrogen) atoms. The fraction of sp³-hybridized carbons (Fsp3) is 0.471. The van der Waals surface area contributed by atoms with Crippen molar-refractivity contribution in [1.29, 1.82) is 0 Å². The first kappa shape index (κ1) is 13.2. The normalized spacial score (nSPS) is 15.6. The van der Waals surface area contributed by atoms with Crippen molar-refractivity contribution in [3.63, 3.8) is 0 Å². The largest absolute Gasteiger partial charge is 0.386 e. The summed E-state index contributed by atoms with van der Waals surface area (Å²) in [5, 5.41) is 5.82. The van der Waals surface area contributed by atoms with Crippen LogP contribution in [-0.4, -0.2) is 25.1 Å². The van der Waals surface area contributed by atoms with E-state index in [9.17, 15) is 0 Å². The molecule has 1 N–H and O–H groups in total. The van der Waals surface area contributed by atoms with Gasteiger partial charge in [0, 0.05) is 30.9 Å². The van der Waals surface area contributed by atoms with Gasteiger partial charge in [-0.15, -0.1) is 0 Å². The highest BCUT2D eigenvalue weighted by atomic mass is 15.2. The van der Waals surface area contributed by atoms with Crippen molar-refractivity contribution in [2.75, 3.05) is 30.4 Å². The van der Waals surface area contributed by atoms with Crippen LogP contribution >= 0.6 is 0 Å². The number of nitrogens with zero attached hydrogens (tertiary/aromatic N) is 2. The van der Waals surface area contributed by atoms with Gasteiger partial charge in [0.05, 0.1) is 11.9 Å². The minimum atomic E-state index is 1.07. The number of piperidine rings is 1. The van der Waals surface area contributed by atoms with Crippen molar-refractivity contribution < 1.29 is 0 Å². The van der Waals surface area contributed by atoms with Gasteiger partial charge in [0.2, 0.25) is 0 Å². The third kappa shape index (κ3) is 2.33. The number of aromatic nitrogens is 1. The van der Waals surface area contributed by atoms with Crippen molar-refractivity contribution in [3.05, 3.63) is 30.0 Å². The molecule has 0 amide bonds. The van der Waals surface area contributed by atoms with Crippen LogP contribution in [0.2, 0.25) is 0 Å². The van der Waals surface area contributed by atoms with Gasteiger partial charge in [0.25, 0.3) is 0 Å². The maximum absolute atomic E-state index is 4.74. The van der Waals surface area contributed by atoms with Crippen molar-refractivity contribution >= 4 is 22.3 Å². The molecule has 0 unspecified atom stereocenters. The molecule has 1 fully saturated rings. The number of rotatable bonds is 3. The van der Waals surface area contributed by atoms with Crippen LogP contribution < -0.4 is 10.2 Å². The van der Waals surface area contributed by atoms with Crippen LogP contribution in [0.5, 0.6) is 0 Å². The SMILES string of the molecule is CCc1ccc2c(NC)cnc(N3CCCCC3)c2c1. The molecule has 2 aromatic rings. The summed E-state index contributed by atoms with van der Waals surface area (Å²) in [6.45, 7) is 4.48. The van der Waals surface area contributed by atoms with Crippen LogP contribution in [0.4, 0.5) is 11.5 Å². The molecule has 1 saturated heterocycles. The Morgan fingerprint density at radius 2 is 1.95 bits per heavy atom. The number of pyridine rings is 1. The first-order valence-electron chi connectivity index (χ1n) is 7.68. The molecule has 1 aromatic heterocycles. The summed E-state index contributed by atoms with van der Waals surface area (Å²) in [5.74, 6) is 1.16. The van der Waals surface area contributed by atoms with Crippen LogP contribution in [0.15, 0.2) is 24.4 Å². The van der Waals surface area contributed by atoms with Gasteiger partial charge in [-0.25, -0.2) is 4.98 Å². The Bertz CT molecular complexity index is 600. The van der Waals surface area contributed by atoms with Gasteiger partial charge in [-0.3, -0.25) is 0 Å².